The zero-order chi connectivity index (χ0) is 15.1. The van der Waals surface area contributed by atoms with Gasteiger partial charge in [-0.3, -0.25) is 0 Å². The molecule has 1 aliphatic rings. The molecule has 2 aromatic heterocycles. The SMILES string of the molecule is Nc1nc(N)c2ncn(CCC3CCc4ccccc43)c2n1. The fourth-order valence-electron chi connectivity index (χ4n) is 3.39. The van der Waals surface area contributed by atoms with E-state index in [1.165, 1.54) is 24.0 Å². The second-order valence-electron chi connectivity index (χ2n) is 5.80. The van der Waals surface area contributed by atoms with E-state index < -0.39 is 0 Å². The third-order valence-electron chi connectivity index (χ3n) is 4.48. The van der Waals surface area contributed by atoms with E-state index in [1.807, 2.05) is 4.57 Å². The summed E-state index contributed by atoms with van der Waals surface area (Å²) in [6.07, 6.45) is 5.22. The maximum absolute atomic E-state index is 5.84. The predicted molar refractivity (Wildman–Crippen MR) is 86.3 cm³/mol. The van der Waals surface area contributed by atoms with Crippen molar-refractivity contribution in [2.45, 2.75) is 31.7 Å². The minimum absolute atomic E-state index is 0.193. The molecule has 2 heterocycles. The molecule has 0 saturated heterocycles. The average Bonchev–Trinajstić information content (AvgIpc) is 3.09. The number of rotatable bonds is 3. The maximum Gasteiger partial charge on any atom is 0.224 e. The first-order valence-corrected chi connectivity index (χ1v) is 7.54. The maximum atomic E-state index is 5.84. The lowest BCUT2D eigenvalue weighted by Crippen LogP contribution is -2.05. The van der Waals surface area contributed by atoms with Crippen LogP contribution in [-0.4, -0.2) is 19.5 Å². The first kappa shape index (κ1) is 13.1. The Hall–Kier alpha value is -2.63. The Balaban J connectivity index is 1.58. The number of fused-ring (bicyclic) bond motifs is 2. The summed E-state index contributed by atoms with van der Waals surface area (Å²) in [6.45, 7) is 0.853. The molecule has 0 fully saturated rings. The Labute approximate surface area is 128 Å². The number of aromatic nitrogens is 4. The van der Waals surface area contributed by atoms with Crippen LogP contribution < -0.4 is 11.5 Å². The lowest BCUT2D eigenvalue weighted by atomic mass is 9.98. The van der Waals surface area contributed by atoms with E-state index in [4.69, 9.17) is 11.5 Å². The molecule has 112 valence electrons. The molecule has 0 saturated carbocycles. The van der Waals surface area contributed by atoms with Gasteiger partial charge in [-0.15, -0.1) is 0 Å². The normalized spacial score (nSPS) is 17.0. The van der Waals surface area contributed by atoms with Crippen LogP contribution in [0.2, 0.25) is 0 Å². The highest BCUT2D eigenvalue weighted by Crippen LogP contribution is 2.35. The molecule has 0 spiro atoms. The smallest absolute Gasteiger partial charge is 0.224 e. The van der Waals surface area contributed by atoms with Gasteiger partial charge in [-0.1, -0.05) is 24.3 Å². The largest absolute Gasteiger partial charge is 0.382 e. The molecule has 0 radical (unpaired) electrons. The van der Waals surface area contributed by atoms with Crippen molar-refractivity contribution in [2.24, 2.45) is 0 Å². The average molecular weight is 294 g/mol. The van der Waals surface area contributed by atoms with Gasteiger partial charge in [-0.05, 0) is 36.3 Å². The lowest BCUT2D eigenvalue weighted by Gasteiger charge is -2.12. The Bertz CT molecular complexity index is 838. The molecule has 4 N–H and O–H groups in total. The number of hydrogen-bond donors (Lipinski definition) is 2. The fraction of sp³-hybridized carbons (Fsp3) is 0.312. The lowest BCUT2D eigenvalue weighted by molar-refractivity contribution is 0.549. The zero-order valence-corrected chi connectivity index (χ0v) is 12.2. The van der Waals surface area contributed by atoms with E-state index in [1.54, 1.807) is 6.33 Å². The molecule has 1 unspecified atom stereocenters. The molecule has 22 heavy (non-hydrogen) atoms. The molecular formula is C16H18N6. The molecule has 4 rings (SSSR count). The zero-order valence-electron chi connectivity index (χ0n) is 12.2. The summed E-state index contributed by atoms with van der Waals surface area (Å²) in [6, 6.07) is 8.72. The topological polar surface area (TPSA) is 95.6 Å². The van der Waals surface area contributed by atoms with E-state index in [0.717, 1.165) is 18.6 Å². The Morgan fingerprint density at radius 2 is 2.05 bits per heavy atom. The summed E-state index contributed by atoms with van der Waals surface area (Å²) in [5.74, 6) is 1.13. The number of imidazole rings is 1. The molecule has 6 nitrogen and oxygen atoms in total. The highest BCUT2D eigenvalue weighted by molar-refractivity contribution is 5.82. The first-order chi connectivity index (χ1) is 10.7. The van der Waals surface area contributed by atoms with Gasteiger partial charge >= 0.3 is 0 Å². The number of benzene rings is 1. The number of hydrogen-bond acceptors (Lipinski definition) is 5. The van der Waals surface area contributed by atoms with Gasteiger partial charge < -0.3 is 16.0 Å². The van der Waals surface area contributed by atoms with Gasteiger partial charge in [-0.25, -0.2) is 4.98 Å². The number of nitrogens with zero attached hydrogens (tertiary/aromatic N) is 4. The summed E-state index contributed by atoms with van der Waals surface area (Å²) in [7, 11) is 0. The molecule has 0 amide bonds. The second kappa shape index (κ2) is 4.98. The molecule has 0 aliphatic heterocycles. The number of nitrogens with two attached hydrogens (primary N) is 2. The van der Waals surface area contributed by atoms with Crippen molar-refractivity contribution in [3.05, 3.63) is 41.7 Å². The van der Waals surface area contributed by atoms with E-state index in [-0.39, 0.29) is 5.95 Å². The van der Waals surface area contributed by atoms with Crippen molar-refractivity contribution in [1.29, 1.82) is 0 Å². The van der Waals surface area contributed by atoms with Gasteiger partial charge in [-0.2, -0.15) is 9.97 Å². The van der Waals surface area contributed by atoms with Gasteiger partial charge in [0.1, 0.15) is 5.52 Å². The van der Waals surface area contributed by atoms with Gasteiger partial charge in [0.15, 0.2) is 11.5 Å². The van der Waals surface area contributed by atoms with Crippen LogP contribution in [0.1, 0.15) is 29.9 Å². The van der Waals surface area contributed by atoms with Crippen LogP contribution >= 0.6 is 0 Å². The Morgan fingerprint density at radius 3 is 2.95 bits per heavy atom. The van der Waals surface area contributed by atoms with Crippen molar-refractivity contribution in [2.75, 3.05) is 11.5 Å². The highest BCUT2D eigenvalue weighted by atomic mass is 15.2. The molecule has 6 heteroatoms. The van der Waals surface area contributed by atoms with Crippen LogP contribution in [-0.2, 0) is 13.0 Å². The van der Waals surface area contributed by atoms with Crippen LogP contribution in [0.15, 0.2) is 30.6 Å². The molecular weight excluding hydrogens is 276 g/mol. The minimum Gasteiger partial charge on any atom is -0.382 e. The van der Waals surface area contributed by atoms with Crippen molar-refractivity contribution in [3.8, 4) is 0 Å². The molecule has 3 aromatic rings. The van der Waals surface area contributed by atoms with Crippen LogP contribution in [0.25, 0.3) is 11.2 Å². The minimum atomic E-state index is 0.193. The molecule has 0 bridgehead atoms. The van der Waals surface area contributed by atoms with Gasteiger partial charge in [0.2, 0.25) is 5.95 Å². The number of nitrogen functional groups attached to an aromatic ring is 2. The monoisotopic (exact) mass is 294 g/mol. The number of anilines is 2. The van der Waals surface area contributed by atoms with Gasteiger partial charge in [0.05, 0.1) is 6.33 Å². The van der Waals surface area contributed by atoms with E-state index in [0.29, 0.717) is 17.3 Å². The summed E-state index contributed by atoms with van der Waals surface area (Å²) in [5, 5.41) is 0. The summed E-state index contributed by atoms with van der Waals surface area (Å²) in [5.41, 5.74) is 15.9. The van der Waals surface area contributed by atoms with E-state index in [2.05, 4.69) is 39.2 Å². The third kappa shape index (κ3) is 2.07. The summed E-state index contributed by atoms with van der Waals surface area (Å²) in [4.78, 5) is 12.5. The molecule has 1 atom stereocenters. The highest BCUT2D eigenvalue weighted by Gasteiger charge is 2.22. The van der Waals surface area contributed by atoms with Crippen LogP contribution in [0.5, 0.6) is 0 Å². The first-order valence-electron chi connectivity index (χ1n) is 7.54. The third-order valence-corrected chi connectivity index (χ3v) is 4.48. The Morgan fingerprint density at radius 1 is 1.18 bits per heavy atom. The predicted octanol–water partition coefficient (Wildman–Crippen LogP) is 2.11. The molecule has 1 aromatic carbocycles. The Kier molecular flexibility index (Phi) is 2.96. The van der Waals surface area contributed by atoms with E-state index >= 15 is 0 Å². The van der Waals surface area contributed by atoms with Crippen LogP contribution in [0.4, 0.5) is 11.8 Å². The van der Waals surface area contributed by atoms with Crippen molar-refractivity contribution < 1.29 is 0 Å². The van der Waals surface area contributed by atoms with Crippen molar-refractivity contribution >= 4 is 22.9 Å². The van der Waals surface area contributed by atoms with Crippen molar-refractivity contribution in [1.82, 2.24) is 19.5 Å². The quantitative estimate of drug-likeness (QED) is 0.771. The van der Waals surface area contributed by atoms with Crippen molar-refractivity contribution in [3.63, 3.8) is 0 Å². The van der Waals surface area contributed by atoms with Crippen LogP contribution in [0, 0.1) is 0 Å². The fourth-order valence-corrected chi connectivity index (χ4v) is 3.39. The van der Waals surface area contributed by atoms with Gasteiger partial charge in [0.25, 0.3) is 0 Å². The van der Waals surface area contributed by atoms with Gasteiger partial charge in [0, 0.05) is 6.54 Å². The number of aryl methyl sites for hydroxylation is 2. The second-order valence-corrected chi connectivity index (χ2v) is 5.80. The molecule has 1 aliphatic carbocycles. The summed E-state index contributed by atoms with van der Waals surface area (Å²) < 4.78 is 2.02. The van der Waals surface area contributed by atoms with E-state index in [9.17, 15) is 0 Å². The standard InChI is InChI=1S/C16H18N6/c17-14-13-15(21-16(18)20-14)22(9-19-13)8-7-11-6-5-10-3-1-2-4-12(10)11/h1-4,9,11H,5-8H2,(H4,17,18,20,21). The van der Waals surface area contributed by atoms with Crippen LogP contribution in [0.3, 0.4) is 0 Å². The summed E-state index contributed by atoms with van der Waals surface area (Å²) >= 11 is 0.